The zero-order chi connectivity index (χ0) is 14.3. The number of nitrogens with one attached hydrogen (secondary N) is 1. The van der Waals surface area contributed by atoms with Crippen LogP contribution in [0.5, 0.6) is 0 Å². The molecule has 3 nitrogen and oxygen atoms in total. The summed E-state index contributed by atoms with van der Waals surface area (Å²) >= 11 is 0. The highest BCUT2D eigenvalue weighted by Gasteiger charge is 2.21. The number of aliphatic hydroxyl groups excluding tert-OH is 1. The minimum absolute atomic E-state index is 0.150. The fourth-order valence-corrected chi connectivity index (χ4v) is 2.28. The summed E-state index contributed by atoms with van der Waals surface area (Å²) in [5.74, 6) is 0. The van der Waals surface area contributed by atoms with Gasteiger partial charge in [-0.25, -0.2) is 0 Å². The summed E-state index contributed by atoms with van der Waals surface area (Å²) in [5, 5.41) is 12.8. The van der Waals surface area contributed by atoms with Crippen molar-refractivity contribution in [3.63, 3.8) is 0 Å². The maximum absolute atomic E-state index is 9.45. The van der Waals surface area contributed by atoms with Gasteiger partial charge in [0.15, 0.2) is 0 Å². The van der Waals surface area contributed by atoms with E-state index < -0.39 is 0 Å². The number of rotatable bonds is 8. The highest BCUT2D eigenvalue weighted by Crippen LogP contribution is 2.16. The minimum Gasteiger partial charge on any atom is -0.394 e. The molecule has 1 aromatic carbocycles. The first kappa shape index (κ1) is 16.0. The maximum atomic E-state index is 9.45. The second-order valence-corrected chi connectivity index (χ2v) is 5.61. The van der Waals surface area contributed by atoms with E-state index >= 15 is 0 Å². The lowest BCUT2D eigenvalue weighted by atomic mass is 9.96. The molecule has 0 spiro atoms. The lowest BCUT2D eigenvalue weighted by molar-refractivity contribution is 0.166. The van der Waals surface area contributed by atoms with E-state index in [2.05, 4.69) is 62.3 Å². The number of benzene rings is 1. The highest BCUT2D eigenvalue weighted by atomic mass is 16.3. The molecule has 0 bridgehead atoms. The van der Waals surface area contributed by atoms with Crippen LogP contribution in [0.15, 0.2) is 24.3 Å². The van der Waals surface area contributed by atoms with E-state index in [4.69, 9.17) is 0 Å². The summed E-state index contributed by atoms with van der Waals surface area (Å²) in [6.45, 7) is 8.35. The molecular formula is C16H28N2O. The fourth-order valence-electron chi connectivity index (χ4n) is 2.28. The van der Waals surface area contributed by atoms with Gasteiger partial charge in [0.1, 0.15) is 0 Å². The molecule has 0 saturated carbocycles. The van der Waals surface area contributed by atoms with Gasteiger partial charge in [-0.05, 0) is 45.4 Å². The van der Waals surface area contributed by atoms with E-state index in [9.17, 15) is 5.11 Å². The first-order chi connectivity index (χ1) is 9.00. The summed E-state index contributed by atoms with van der Waals surface area (Å²) in [6, 6.07) is 8.60. The number of hydrogen-bond donors (Lipinski definition) is 2. The Morgan fingerprint density at radius 1 is 1.26 bits per heavy atom. The Morgan fingerprint density at radius 2 is 1.89 bits per heavy atom. The van der Waals surface area contributed by atoms with E-state index in [1.54, 1.807) is 0 Å². The van der Waals surface area contributed by atoms with Gasteiger partial charge in [0, 0.05) is 24.8 Å². The van der Waals surface area contributed by atoms with Gasteiger partial charge in [-0.1, -0.05) is 24.6 Å². The van der Waals surface area contributed by atoms with Crippen LogP contribution in [-0.4, -0.2) is 37.4 Å². The van der Waals surface area contributed by atoms with Gasteiger partial charge in [0.25, 0.3) is 0 Å². The molecule has 0 aliphatic rings. The second kappa shape index (κ2) is 7.51. The smallest absolute Gasteiger partial charge is 0.0610 e. The summed E-state index contributed by atoms with van der Waals surface area (Å²) in [7, 11) is 2.12. The Bertz CT molecular complexity index is 364. The van der Waals surface area contributed by atoms with Gasteiger partial charge in [0.05, 0.1) is 6.61 Å². The van der Waals surface area contributed by atoms with Crippen LogP contribution >= 0.6 is 0 Å². The molecule has 1 unspecified atom stereocenters. The zero-order valence-electron chi connectivity index (χ0n) is 12.7. The molecule has 0 aliphatic heterocycles. The molecule has 0 radical (unpaired) electrons. The lowest BCUT2D eigenvalue weighted by Crippen LogP contribution is -2.46. The number of aryl methyl sites for hydroxylation is 1. The third-order valence-electron chi connectivity index (χ3n) is 3.65. The van der Waals surface area contributed by atoms with Crippen LogP contribution in [-0.2, 0) is 0 Å². The summed E-state index contributed by atoms with van der Waals surface area (Å²) in [6.07, 6.45) is 2.04. The SMILES string of the molecule is CCNC(C)(CO)CCCN(C)c1ccc(C)cc1. The molecule has 0 heterocycles. The molecule has 19 heavy (non-hydrogen) atoms. The fraction of sp³-hybridized carbons (Fsp3) is 0.625. The van der Waals surface area contributed by atoms with Crippen molar-refractivity contribution in [2.24, 2.45) is 0 Å². The van der Waals surface area contributed by atoms with Crippen molar-refractivity contribution < 1.29 is 5.11 Å². The summed E-state index contributed by atoms with van der Waals surface area (Å²) in [5.41, 5.74) is 2.39. The van der Waals surface area contributed by atoms with Crippen LogP contribution in [0, 0.1) is 6.92 Å². The molecule has 0 fully saturated rings. The van der Waals surface area contributed by atoms with Gasteiger partial charge in [-0.3, -0.25) is 0 Å². The van der Waals surface area contributed by atoms with Crippen molar-refractivity contribution in [1.29, 1.82) is 0 Å². The molecule has 108 valence electrons. The van der Waals surface area contributed by atoms with E-state index in [1.165, 1.54) is 11.3 Å². The number of likely N-dealkylation sites (N-methyl/N-ethyl adjacent to an activating group) is 1. The van der Waals surface area contributed by atoms with Gasteiger partial charge in [-0.15, -0.1) is 0 Å². The molecule has 0 aromatic heterocycles. The zero-order valence-corrected chi connectivity index (χ0v) is 12.7. The summed E-state index contributed by atoms with van der Waals surface area (Å²) < 4.78 is 0. The molecule has 0 saturated heterocycles. The van der Waals surface area contributed by atoms with Gasteiger partial charge >= 0.3 is 0 Å². The van der Waals surface area contributed by atoms with E-state index in [1.807, 2.05) is 0 Å². The molecule has 3 heteroatoms. The number of anilines is 1. The van der Waals surface area contributed by atoms with Gasteiger partial charge in [0.2, 0.25) is 0 Å². The third-order valence-corrected chi connectivity index (χ3v) is 3.65. The average Bonchev–Trinajstić information content (AvgIpc) is 2.39. The van der Waals surface area contributed by atoms with Gasteiger partial charge < -0.3 is 15.3 Å². The maximum Gasteiger partial charge on any atom is 0.0610 e. The predicted octanol–water partition coefficient (Wildman–Crippen LogP) is 2.57. The lowest BCUT2D eigenvalue weighted by Gasteiger charge is -2.29. The predicted molar refractivity (Wildman–Crippen MR) is 82.9 cm³/mol. The number of nitrogens with zero attached hydrogens (tertiary/aromatic N) is 1. The standard InChI is InChI=1S/C16H28N2O/c1-5-17-16(3,13-19)11-6-12-18(4)15-9-7-14(2)8-10-15/h7-10,17,19H,5-6,11-13H2,1-4H3. The third kappa shape index (κ3) is 5.21. The molecule has 1 atom stereocenters. The Hall–Kier alpha value is -1.06. The van der Waals surface area contributed by atoms with Gasteiger partial charge in [-0.2, -0.15) is 0 Å². The van der Waals surface area contributed by atoms with Crippen molar-refractivity contribution in [3.8, 4) is 0 Å². The van der Waals surface area contributed by atoms with Crippen molar-refractivity contribution in [2.75, 3.05) is 31.6 Å². The first-order valence-corrected chi connectivity index (χ1v) is 7.14. The van der Waals surface area contributed by atoms with E-state index in [0.29, 0.717) is 0 Å². The highest BCUT2D eigenvalue weighted by molar-refractivity contribution is 5.46. The number of hydrogen-bond acceptors (Lipinski definition) is 3. The Labute approximate surface area is 117 Å². The second-order valence-electron chi connectivity index (χ2n) is 5.61. The molecular weight excluding hydrogens is 236 g/mol. The molecule has 2 N–H and O–H groups in total. The Balaban J connectivity index is 2.42. The van der Waals surface area contributed by atoms with Crippen molar-refractivity contribution in [3.05, 3.63) is 29.8 Å². The first-order valence-electron chi connectivity index (χ1n) is 7.14. The quantitative estimate of drug-likeness (QED) is 0.757. The summed E-state index contributed by atoms with van der Waals surface area (Å²) in [4.78, 5) is 2.27. The molecule has 0 aliphatic carbocycles. The molecule has 1 aromatic rings. The van der Waals surface area contributed by atoms with Crippen LogP contribution in [0.1, 0.15) is 32.3 Å². The molecule has 1 rings (SSSR count). The number of aliphatic hydroxyl groups is 1. The van der Waals surface area contributed by atoms with Crippen molar-refractivity contribution in [1.82, 2.24) is 5.32 Å². The topological polar surface area (TPSA) is 35.5 Å². The monoisotopic (exact) mass is 264 g/mol. The van der Waals surface area contributed by atoms with Crippen LogP contribution in [0.25, 0.3) is 0 Å². The largest absolute Gasteiger partial charge is 0.394 e. The van der Waals surface area contributed by atoms with Crippen LogP contribution in [0.4, 0.5) is 5.69 Å². The molecule has 0 amide bonds. The van der Waals surface area contributed by atoms with Crippen LogP contribution < -0.4 is 10.2 Å². The Morgan fingerprint density at radius 3 is 2.42 bits per heavy atom. The minimum atomic E-state index is -0.150. The van der Waals surface area contributed by atoms with Crippen LogP contribution in [0.2, 0.25) is 0 Å². The van der Waals surface area contributed by atoms with Crippen molar-refractivity contribution in [2.45, 2.75) is 39.2 Å². The van der Waals surface area contributed by atoms with Crippen molar-refractivity contribution >= 4 is 5.69 Å². The normalized spacial score (nSPS) is 14.2. The van der Waals surface area contributed by atoms with E-state index in [-0.39, 0.29) is 12.1 Å². The average molecular weight is 264 g/mol. The Kier molecular flexibility index (Phi) is 6.32. The van der Waals surface area contributed by atoms with E-state index in [0.717, 1.165) is 25.9 Å². The van der Waals surface area contributed by atoms with Crippen LogP contribution in [0.3, 0.4) is 0 Å².